The lowest BCUT2D eigenvalue weighted by molar-refractivity contribution is 0.0697. The van der Waals surface area contributed by atoms with Crippen LogP contribution < -0.4 is 5.32 Å². The van der Waals surface area contributed by atoms with Gasteiger partial charge in [-0.2, -0.15) is 0 Å². The van der Waals surface area contributed by atoms with Crippen molar-refractivity contribution in [3.8, 4) is 5.69 Å². The average molecular weight is 436 g/mol. The lowest BCUT2D eigenvalue weighted by Crippen LogP contribution is -2.36. The van der Waals surface area contributed by atoms with E-state index in [4.69, 9.17) is 12.2 Å². The number of aromatic nitrogens is 2. The summed E-state index contributed by atoms with van der Waals surface area (Å²) in [4.78, 5) is 20.4. The Kier molecular flexibility index (Phi) is 6.01. The average Bonchev–Trinajstić information content (AvgIpc) is 3.37. The van der Waals surface area contributed by atoms with Crippen molar-refractivity contribution in [2.24, 2.45) is 0 Å². The van der Waals surface area contributed by atoms with Crippen LogP contribution in [0.5, 0.6) is 0 Å². The third-order valence-electron chi connectivity index (χ3n) is 5.44. The van der Waals surface area contributed by atoms with Crippen LogP contribution in [-0.2, 0) is 0 Å². The number of carbonyl (C=O) groups is 1. The minimum atomic E-state index is -0.946. The van der Waals surface area contributed by atoms with Crippen LogP contribution >= 0.6 is 12.2 Å². The summed E-state index contributed by atoms with van der Waals surface area (Å²) in [5.74, 6) is -0.946. The highest BCUT2D eigenvalue weighted by Gasteiger charge is 2.41. The van der Waals surface area contributed by atoms with Crippen LogP contribution in [0.1, 0.15) is 33.8 Å². The Hall–Kier alpha value is -3.23. The molecule has 2 unspecified atom stereocenters. The molecule has 7 nitrogen and oxygen atoms in total. The van der Waals surface area contributed by atoms with Crippen LogP contribution in [0.4, 0.5) is 0 Å². The van der Waals surface area contributed by atoms with Gasteiger partial charge in [-0.05, 0) is 68.8 Å². The topological polar surface area (TPSA) is 73.6 Å². The van der Waals surface area contributed by atoms with Crippen LogP contribution in [0, 0.1) is 0 Å². The number of hydrogen-bond donors (Lipinski definition) is 2. The van der Waals surface area contributed by atoms with Crippen LogP contribution in [-0.4, -0.2) is 62.7 Å². The van der Waals surface area contributed by atoms with Gasteiger partial charge in [0.05, 0.1) is 23.3 Å². The third-order valence-corrected chi connectivity index (χ3v) is 5.79. The summed E-state index contributed by atoms with van der Waals surface area (Å²) in [6, 6.07) is 16.7. The van der Waals surface area contributed by atoms with E-state index in [2.05, 4.69) is 26.2 Å². The quantitative estimate of drug-likeness (QED) is 0.553. The molecule has 4 rings (SSSR count). The molecule has 1 fully saturated rings. The van der Waals surface area contributed by atoms with Crippen molar-refractivity contribution in [1.82, 2.24) is 24.7 Å². The number of benzene rings is 1. The molecule has 2 aromatic heterocycles. The fourth-order valence-corrected chi connectivity index (χ4v) is 4.27. The molecule has 3 heterocycles. The number of pyridine rings is 1. The Morgan fingerprint density at radius 2 is 2.03 bits per heavy atom. The maximum absolute atomic E-state index is 11.5. The molecular weight excluding hydrogens is 410 g/mol. The molecule has 2 atom stereocenters. The van der Waals surface area contributed by atoms with Crippen LogP contribution in [0.25, 0.3) is 5.69 Å². The van der Waals surface area contributed by atoms with Gasteiger partial charge in [-0.3, -0.25) is 4.98 Å². The fraction of sp³-hybridized carbons (Fsp3) is 0.261. The minimum absolute atomic E-state index is 0.0918. The van der Waals surface area contributed by atoms with Crippen molar-refractivity contribution in [1.29, 1.82) is 0 Å². The smallest absolute Gasteiger partial charge is 0.335 e. The summed E-state index contributed by atoms with van der Waals surface area (Å²) >= 11 is 5.72. The van der Waals surface area contributed by atoms with Gasteiger partial charge in [-0.1, -0.05) is 12.1 Å². The van der Waals surface area contributed by atoms with E-state index in [0.717, 1.165) is 30.2 Å². The zero-order valence-corrected chi connectivity index (χ0v) is 18.3. The molecular formula is C23H25N5O2S. The van der Waals surface area contributed by atoms with Crippen molar-refractivity contribution in [3.05, 3.63) is 83.9 Å². The summed E-state index contributed by atoms with van der Waals surface area (Å²) in [5.41, 5.74) is 2.98. The first-order valence-corrected chi connectivity index (χ1v) is 10.5. The van der Waals surface area contributed by atoms with Gasteiger partial charge in [0.25, 0.3) is 0 Å². The maximum atomic E-state index is 11.5. The first kappa shape index (κ1) is 21.0. The molecule has 1 aliphatic heterocycles. The molecule has 160 valence electrons. The second-order valence-corrected chi connectivity index (χ2v) is 8.17. The van der Waals surface area contributed by atoms with Gasteiger partial charge in [-0.15, -0.1) is 0 Å². The predicted molar refractivity (Wildman–Crippen MR) is 123 cm³/mol. The van der Waals surface area contributed by atoms with E-state index in [1.165, 1.54) is 0 Å². The summed E-state index contributed by atoms with van der Waals surface area (Å²) in [6.45, 7) is 1.61. The molecule has 31 heavy (non-hydrogen) atoms. The predicted octanol–water partition coefficient (Wildman–Crippen LogP) is 3.10. The number of rotatable bonds is 7. The molecule has 1 aromatic carbocycles. The lowest BCUT2D eigenvalue weighted by Gasteiger charge is -2.29. The monoisotopic (exact) mass is 435 g/mol. The Morgan fingerprint density at radius 3 is 2.74 bits per heavy atom. The van der Waals surface area contributed by atoms with E-state index >= 15 is 0 Å². The van der Waals surface area contributed by atoms with Gasteiger partial charge in [0.15, 0.2) is 5.11 Å². The van der Waals surface area contributed by atoms with Gasteiger partial charge < -0.3 is 24.8 Å². The zero-order chi connectivity index (χ0) is 22.0. The van der Waals surface area contributed by atoms with Crippen LogP contribution in [0.3, 0.4) is 0 Å². The first-order chi connectivity index (χ1) is 15.0. The molecule has 0 radical (unpaired) electrons. The minimum Gasteiger partial charge on any atom is -0.478 e. The second-order valence-electron chi connectivity index (χ2n) is 7.78. The standard InChI is InChI=1S/C23H25N5O2S/c1-26(2)13-14-28-21(20(25-23(28)31)18-9-3-4-11-24-18)19-10-6-12-27(19)17-8-5-7-16(15-17)22(29)30/h3-12,15,20-21H,13-14H2,1-2H3,(H,25,31)(H,29,30). The molecule has 0 amide bonds. The SMILES string of the molecule is CN(C)CCN1C(=S)NC(c2ccccn2)C1c1cccn1-c1cccc(C(=O)O)c1. The number of thiocarbonyl (C=S) groups is 1. The van der Waals surface area contributed by atoms with Crippen molar-refractivity contribution in [2.45, 2.75) is 12.1 Å². The van der Waals surface area contributed by atoms with E-state index in [1.807, 2.05) is 55.2 Å². The van der Waals surface area contributed by atoms with Gasteiger partial charge in [0.2, 0.25) is 0 Å². The van der Waals surface area contributed by atoms with Crippen LogP contribution in [0.2, 0.25) is 0 Å². The third kappa shape index (κ3) is 4.30. The molecule has 2 N–H and O–H groups in total. The number of likely N-dealkylation sites (N-methyl/N-ethyl adjacent to an activating group) is 1. The highest BCUT2D eigenvalue weighted by molar-refractivity contribution is 7.80. The summed E-state index contributed by atoms with van der Waals surface area (Å²) in [7, 11) is 4.08. The van der Waals surface area contributed by atoms with Crippen molar-refractivity contribution in [3.63, 3.8) is 0 Å². The van der Waals surface area contributed by atoms with E-state index in [1.54, 1.807) is 24.4 Å². The van der Waals surface area contributed by atoms with Crippen LogP contribution in [0.15, 0.2) is 67.0 Å². The Morgan fingerprint density at radius 1 is 1.19 bits per heavy atom. The van der Waals surface area contributed by atoms with Crippen molar-refractivity contribution in [2.75, 3.05) is 27.2 Å². The molecule has 3 aromatic rings. The van der Waals surface area contributed by atoms with Gasteiger partial charge in [-0.25, -0.2) is 4.79 Å². The van der Waals surface area contributed by atoms with E-state index in [-0.39, 0.29) is 17.6 Å². The van der Waals surface area contributed by atoms with Crippen molar-refractivity contribution >= 4 is 23.3 Å². The van der Waals surface area contributed by atoms with E-state index in [9.17, 15) is 9.90 Å². The fourth-order valence-electron chi connectivity index (χ4n) is 3.93. The molecule has 1 saturated heterocycles. The maximum Gasteiger partial charge on any atom is 0.335 e. The Bertz CT molecular complexity index is 1080. The summed E-state index contributed by atoms with van der Waals surface area (Å²) in [6.07, 6.45) is 3.74. The van der Waals surface area contributed by atoms with Gasteiger partial charge in [0.1, 0.15) is 0 Å². The first-order valence-electron chi connectivity index (χ1n) is 10.1. The number of nitrogens with one attached hydrogen (secondary N) is 1. The van der Waals surface area contributed by atoms with E-state index < -0.39 is 5.97 Å². The molecule has 0 aliphatic carbocycles. The Balaban J connectivity index is 1.79. The molecule has 0 spiro atoms. The number of carboxylic acid groups (broad SMARTS) is 1. The Labute approximate surface area is 186 Å². The van der Waals surface area contributed by atoms with Gasteiger partial charge in [0, 0.05) is 36.9 Å². The van der Waals surface area contributed by atoms with Crippen molar-refractivity contribution < 1.29 is 9.90 Å². The summed E-state index contributed by atoms with van der Waals surface area (Å²) in [5, 5.41) is 13.6. The van der Waals surface area contributed by atoms with Gasteiger partial charge >= 0.3 is 5.97 Å². The second kappa shape index (κ2) is 8.87. The molecule has 0 saturated carbocycles. The number of hydrogen-bond acceptors (Lipinski definition) is 4. The number of aromatic carboxylic acids is 1. The largest absolute Gasteiger partial charge is 0.478 e. The van der Waals surface area contributed by atoms with E-state index in [0.29, 0.717) is 5.11 Å². The normalized spacial score (nSPS) is 18.4. The zero-order valence-electron chi connectivity index (χ0n) is 17.5. The molecule has 1 aliphatic rings. The summed E-state index contributed by atoms with van der Waals surface area (Å²) < 4.78 is 2.03. The molecule has 8 heteroatoms. The number of carboxylic acids is 1. The number of nitrogens with zero attached hydrogens (tertiary/aromatic N) is 4. The lowest BCUT2D eigenvalue weighted by atomic mass is 10.0. The highest BCUT2D eigenvalue weighted by Crippen LogP contribution is 2.39. The highest BCUT2D eigenvalue weighted by atomic mass is 32.1. The molecule has 0 bridgehead atoms.